The molecule has 7 nitrogen and oxygen atoms in total. The number of para-hydroxylation sites is 1. The zero-order valence-electron chi connectivity index (χ0n) is 14.6. The number of nitro benzene ring substituents is 1. The molecular weight excluding hydrogens is 334 g/mol. The molecule has 1 amide bonds. The first kappa shape index (κ1) is 17.9. The summed E-state index contributed by atoms with van der Waals surface area (Å²) in [6.07, 6.45) is 1.63. The normalized spacial score (nSPS) is 17.0. The van der Waals surface area contributed by atoms with Crippen molar-refractivity contribution < 1.29 is 14.5 Å². The van der Waals surface area contributed by atoms with Crippen LogP contribution in [-0.4, -0.2) is 35.4 Å². The number of ether oxygens (including phenoxy) is 1. The van der Waals surface area contributed by atoms with Crippen LogP contribution in [0.5, 0.6) is 5.75 Å². The first-order valence-corrected chi connectivity index (χ1v) is 8.50. The lowest BCUT2D eigenvalue weighted by molar-refractivity contribution is -0.385. The van der Waals surface area contributed by atoms with Crippen LogP contribution in [0.2, 0.25) is 0 Å². The topological polar surface area (TPSA) is 84.7 Å². The number of amides is 1. The second-order valence-corrected chi connectivity index (χ2v) is 6.23. The summed E-state index contributed by atoms with van der Waals surface area (Å²) in [4.78, 5) is 25.5. The maximum absolute atomic E-state index is 12.7. The molecule has 1 N–H and O–H groups in total. The second kappa shape index (κ2) is 7.97. The quantitative estimate of drug-likeness (QED) is 0.635. The van der Waals surface area contributed by atoms with Crippen LogP contribution >= 0.6 is 0 Å². The van der Waals surface area contributed by atoms with E-state index in [4.69, 9.17) is 4.74 Å². The number of nitrogens with zero attached hydrogens (tertiary/aromatic N) is 2. The fourth-order valence-corrected chi connectivity index (χ4v) is 3.25. The monoisotopic (exact) mass is 355 g/mol. The summed E-state index contributed by atoms with van der Waals surface area (Å²) in [5.41, 5.74) is 1.42. The van der Waals surface area contributed by atoms with Crippen LogP contribution in [0, 0.1) is 10.1 Å². The van der Waals surface area contributed by atoms with Crippen LogP contribution in [0.1, 0.15) is 18.4 Å². The molecule has 1 aliphatic heterocycles. The lowest BCUT2D eigenvalue weighted by Gasteiger charge is -2.23. The van der Waals surface area contributed by atoms with E-state index in [0.717, 1.165) is 25.1 Å². The number of hydrogen-bond donors (Lipinski definition) is 1. The minimum Gasteiger partial charge on any atom is -0.497 e. The van der Waals surface area contributed by atoms with Crippen LogP contribution in [0.4, 0.5) is 11.4 Å². The summed E-state index contributed by atoms with van der Waals surface area (Å²) in [6, 6.07) is 13.5. The molecule has 1 saturated heterocycles. The smallest absolute Gasteiger partial charge is 0.273 e. The molecule has 0 spiro atoms. The van der Waals surface area contributed by atoms with Crippen LogP contribution in [0.3, 0.4) is 0 Å². The number of rotatable bonds is 6. The number of anilines is 1. The highest BCUT2D eigenvalue weighted by Crippen LogP contribution is 2.26. The Kier molecular flexibility index (Phi) is 5.48. The van der Waals surface area contributed by atoms with Gasteiger partial charge in [-0.3, -0.25) is 19.8 Å². The van der Waals surface area contributed by atoms with E-state index in [1.165, 1.54) is 6.07 Å². The van der Waals surface area contributed by atoms with Crippen LogP contribution < -0.4 is 10.1 Å². The Balaban J connectivity index is 1.69. The molecule has 2 aromatic rings. The summed E-state index contributed by atoms with van der Waals surface area (Å²) in [5.74, 6) is 0.633. The van der Waals surface area contributed by atoms with Gasteiger partial charge < -0.3 is 10.1 Å². The Labute approximate surface area is 151 Å². The fraction of sp³-hybridized carbons (Fsp3) is 0.316. The number of nitrogens with one attached hydrogen (secondary N) is 1. The van der Waals surface area contributed by atoms with Crippen molar-refractivity contribution in [2.45, 2.75) is 25.4 Å². The van der Waals surface area contributed by atoms with E-state index in [-0.39, 0.29) is 22.6 Å². The SMILES string of the molecule is COc1ccc(NC(=O)[C@H]2CCCN2Cc2ccccc2[N+](=O)[O-])cc1. The molecule has 0 saturated carbocycles. The molecule has 1 heterocycles. The number of nitro groups is 1. The molecule has 0 bridgehead atoms. The van der Waals surface area contributed by atoms with Gasteiger partial charge in [0.15, 0.2) is 0 Å². The number of carbonyl (C=O) groups excluding carboxylic acids is 1. The van der Waals surface area contributed by atoms with Crippen LogP contribution in [-0.2, 0) is 11.3 Å². The summed E-state index contributed by atoms with van der Waals surface area (Å²) in [6.45, 7) is 1.13. The van der Waals surface area contributed by atoms with Gasteiger partial charge in [0, 0.05) is 23.9 Å². The van der Waals surface area contributed by atoms with E-state index < -0.39 is 0 Å². The van der Waals surface area contributed by atoms with Crippen molar-refractivity contribution in [3.8, 4) is 5.75 Å². The number of likely N-dealkylation sites (tertiary alicyclic amines) is 1. The van der Waals surface area contributed by atoms with E-state index in [1.54, 1.807) is 49.6 Å². The van der Waals surface area contributed by atoms with Crippen molar-refractivity contribution in [3.63, 3.8) is 0 Å². The first-order valence-electron chi connectivity index (χ1n) is 8.50. The molecule has 136 valence electrons. The molecule has 7 heteroatoms. The van der Waals surface area contributed by atoms with Crippen molar-refractivity contribution >= 4 is 17.3 Å². The van der Waals surface area contributed by atoms with Crippen molar-refractivity contribution in [1.82, 2.24) is 4.90 Å². The molecule has 1 aliphatic rings. The zero-order chi connectivity index (χ0) is 18.5. The zero-order valence-corrected chi connectivity index (χ0v) is 14.6. The molecular formula is C19H21N3O4. The summed E-state index contributed by atoms with van der Waals surface area (Å²) < 4.78 is 5.11. The lowest BCUT2D eigenvalue weighted by Crippen LogP contribution is -2.39. The van der Waals surface area contributed by atoms with E-state index in [0.29, 0.717) is 17.8 Å². The average Bonchev–Trinajstić information content (AvgIpc) is 3.11. The highest BCUT2D eigenvalue weighted by atomic mass is 16.6. The van der Waals surface area contributed by atoms with Gasteiger partial charge in [0.2, 0.25) is 5.91 Å². The molecule has 3 rings (SSSR count). The van der Waals surface area contributed by atoms with Crippen LogP contribution in [0.15, 0.2) is 48.5 Å². The highest BCUT2D eigenvalue weighted by Gasteiger charge is 2.32. The summed E-state index contributed by atoms with van der Waals surface area (Å²) >= 11 is 0. The number of methoxy groups -OCH3 is 1. The van der Waals surface area contributed by atoms with Gasteiger partial charge in [-0.2, -0.15) is 0 Å². The Bertz CT molecular complexity index is 792. The molecule has 0 aromatic heterocycles. The Morgan fingerprint density at radius 3 is 2.69 bits per heavy atom. The Morgan fingerprint density at radius 2 is 2.00 bits per heavy atom. The number of hydrogen-bond acceptors (Lipinski definition) is 5. The molecule has 2 aromatic carbocycles. The van der Waals surface area contributed by atoms with Crippen molar-refractivity contribution in [2.24, 2.45) is 0 Å². The minimum atomic E-state index is -0.377. The van der Waals surface area contributed by atoms with E-state index in [9.17, 15) is 14.9 Å². The van der Waals surface area contributed by atoms with Gasteiger partial charge >= 0.3 is 0 Å². The second-order valence-electron chi connectivity index (χ2n) is 6.23. The molecule has 0 radical (unpaired) electrons. The highest BCUT2D eigenvalue weighted by molar-refractivity contribution is 5.95. The predicted octanol–water partition coefficient (Wildman–Crippen LogP) is 3.21. The largest absolute Gasteiger partial charge is 0.497 e. The molecule has 0 aliphatic carbocycles. The van der Waals surface area contributed by atoms with Gasteiger partial charge in [-0.25, -0.2) is 0 Å². The molecule has 1 atom stereocenters. The fourth-order valence-electron chi connectivity index (χ4n) is 3.25. The lowest BCUT2D eigenvalue weighted by atomic mass is 10.1. The predicted molar refractivity (Wildman–Crippen MR) is 98.2 cm³/mol. The molecule has 1 fully saturated rings. The van der Waals surface area contributed by atoms with E-state index in [1.807, 2.05) is 4.90 Å². The minimum absolute atomic E-state index is 0.0914. The maximum atomic E-state index is 12.7. The third-order valence-electron chi connectivity index (χ3n) is 4.59. The van der Waals surface area contributed by atoms with Gasteiger partial charge in [-0.15, -0.1) is 0 Å². The molecule has 0 unspecified atom stereocenters. The van der Waals surface area contributed by atoms with Crippen molar-refractivity contribution in [1.29, 1.82) is 0 Å². The average molecular weight is 355 g/mol. The maximum Gasteiger partial charge on any atom is 0.273 e. The Morgan fingerprint density at radius 1 is 1.27 bits per heavy atom. The van der Waals surface area contributed by atoms with Crippen molar-refractivity contribution in [2.75, 3.05) is 19.0 Å². The van der Waals surface area contributed by atoms with Gasteiger partial charge in [-0.1, -0.05) is 18.2 Å². The summed E-state index contributed by atoms with van der Waals surface area (Å²) in [7, 11) is 1.59. The summed E-state index contributed by atoms with van der Waals surface area (Å²) in [5, 5.41) is 14.1. The van der Waals surface area contributed by atoms with Crippen molar-refractivity contribution in [3.05, 3.63) is 64.2 Å². The van der Waals surface area contributed by atoms with Gasteiger partial charge in [0.25, 0.3) is 5.69 Å². The Hall–Kier alpha value is -2.93. The standard InChI is InChI=1S/C19H21N3O4/c1-26-16-10-8-15(9-11-16)20-19(23)18-7-4-12-21(18)13-14-5-2-3-6-17(14)22(24)25/h2-3,5-6,8-11,18H,4,7,12-13H2,1H3,(H,20,23)/t18-/m1/s1. The first-order chi connectivity index (χ1) is 12.6. The third kappa shape index (κ3) is 4.00. The third-order valence-corrected chi connectivity index (χ3v) is 4.59. The van der Waals surface area contributed by atoms with E-state index in [2.05, 4.69) is 5.32 Å². The van der Waals surface area contributed by atoms with Gasteiger partial charge in [-0.05, 0) is 43.7 Å². The number of carbonyl (C=O) groups is 1. The van der Waals surface area contributed by atoms with Crippen LogP contribution in [0.25, 0.3) is 0 Å². The van der Waals surface area contributed by atoms with E-state index >= 15 is 0 Å². The molecule has 26 heavy (non-hydrogen) atoms. The number of benzene rings is 2. The van der Waals surface area contributed by atoms with Gasteiger partial charge in [0.05, 0.1) is 18.1 Å². The van der Waals surface area contributed by atoms with Gasteiger partial charge in [0.1, 0.15) is 5.75 Å².